The number of anilines is 1. The fourth-order valence-electron chi connectivity index (χ4n) is 2.00. The van der Waals surface area contributed by atoms with Crippen LogP contribution in [0.4, 0.5) is 10.1 Å². The van der Waals surface area contributed by atoms with Gasteiger partial charge >= 0.3 is 0 Å². The molecule has 0 saturated carbocycles. The first kappa shape index (κ1) is 14.1. The average Bonchev–Trinajstić information content (AvgIpc) is 2.60. The van der Waals surface area contributed by atoms with E-state index >= 15 is 0 Å². The third-order valence-electron chi connectivity index (χ3n) is 2.95. The molecule has 1 heterocycles. The highest BCUT2D eigenvalue weighted by atomic mass is 79.9. The van der Waals surface area contributed by atoms with Gasteiger partial charge < -0.3 is 10.2 Å². The Morgan fingerprint density at radius 1 is 1.32 bits per heavy atom. The number of carbonyl (C=O) groups is 2. The quantitative estimate of drug-likeness (QED) is 0.665. The van der Waals surface area contributed by atoms with Crippen molar-refractivity contribution in [1.29, 1.82) is 0 Å². The molecule has 19 heavy (non-hydrogen) atoms. The van der Waals surface area contributed by atoms with Gasteiger partial charge in [0.2, 0.25) is 0 Å². The van der Waals surface area contributed by atoms with Gasteiger partial charge in [0.05, 0.1) is 15.7 Å². The Morgan fingerprint density at radius 2 is 2.05 bits per heavy atom. The fourth-order valence-corrected chi connectivity index (χ4v) is 2.35. The molecule has 0 unspecified atom stereocenters. The molecule has 1 aromatic rings. The summed E-state index contributed by atoms with van der Waals surface area (Å²) >= 11 is 3.02. The second-order valence-corrected chi connectivity index (χ2v) is 5.17. The Balaban J connectivity index is 2.21. The molecule has 1 amide bonds. The van der Waals surface area contributed by atoms with Gasteiger partial charge in [0.15, 0.2) is 0 Å². The standard InChI is InChI=1S/C13H14BrFN2O2/c1-2-3-16-4-5-17-11-7-10(15)9(14)6-8(11)12(18)13(17)19/h6-7,16H,2-5H2,1H3. The summed E-state index contributed by atoms with van der Waals surface area (Å²) in [5, 5.41) is 3.15. The summed E-state index contributed by atoms with van der Waals surface area (Å²) in [5.74, 6) is -1.65. The van der Waals surface area contributed by atoms with Crippen molar-refractivity contribution >= 4 is 33.3 Å². The zero-order chi connectivity index (χ0) is 14.0. The molecule has 1 aliphatic rings. The van der Waals surface area contributed by atoms with Gasteiger partial charge in [0, 0.05) is 13.1 Å². The molecule has 0 atom stereocenters. The van der Waals surface area contributed by atoms with Crippen LogP contribution in [-0.4, -0.2) is 31.3 Å². The molecule has 0 fully saturated rings. The third-order valence-corrected chi connectivity index (χ3v) is 3.56. The maximum absolute atomic E-state index is 13.5. The average molecular weight is 329 g/mol. The molecule has 0 saturated heterocycles. The highest BCUT2D eigenvalue weighted by molar-refractivity contribution is 9.10. The van der Waals surface area contributed by atoms with Gasteiger partial charge in [-0.15, -0.1) is 0 Å². The highest BCUT2D eigenvalue weighted by Crippen LogP contribution is 2.32. The molecular weight excluding hydrogens is 315 g/mol. The van der Waals surface area contributed by atoms with E-state index in [9.17, 15) is 14.0 Å². The minimum atomic E-state index is -0.592. The van der Waals surface area contributed by atoms with Crippen molar-refractivity contribution in [3.63, 3.8) is 0 Å². The highest BCUT2D eigenvalue weighted by Gasteiger charge is 2.36. The van der Waals surface area contributed by atoms with Crippen molar-refractivity contribution in [1.82, 2.24) is 5.32 Å². The van der Waals surface area contributed by atoms with E-state index < -0.39 is 17.5 Å². The van der Waals surface area contributed by atoms with E-state index in [1.807, 2.05) is 6.92 Å². The van der Waals surface area contributed by atoms with Gasteiger partial charge in [-0.2, -0.15) is 0 Å². The molecule has 2 rings (SSSR count). The summed E-state index contributed by atoms with van der Waals surface area (Å²) in [6.07, 6.45) is 0.991. The van der Waals surface area contributed by atoms with Crippen LogP contribution in [0, 0.1) is 5.82 Å². The number of amides is 1. The Morgan fingerprint density at radius 3 is 2.74 bits per heavy atom. The number of carbonyl (C=O) groups excluding carboxylic acids is 2. The molecule has 0 aromatic heterocycles. The molecule has 0 bridgehead atoms. The van der Waals surface area contributed by atoms with E-state index in [1.54, 1.807) is 0 Å². The monoisotopic (exact) mass is 328 g/mol. The zero-order valence-electron chi connectivity index (χ0n) is 10.5. The minimum absolute atomic E-state index is 0.193. The molecule has 6 heteroatoms. The van der Waals surface area contributed by atoms with Crippen LogP contribution in [-0.2, 0) is 4.79 Å². The predicted molar refractivity (Wildman–Crippen MR) is 73.9 cm³/mol. The molecule has 102 valence electrons. The number of hydrogen-bond acceptors (Lipinski definition) is 3. The number of rotatable bonds is 5. The van der Waals surface area contributed by atoms with Crippen molar-refractivity contribution in [2.45, 2.75) is 13.3 Å². The molecule has 1 N–H and O–H groups in total. The Bertz CT molecular complexity index is 534. The van der Waals surface area contributed by atoms with Gasteiger partial charge in [-0.05, 0) is 41.0 Å². The number of halogens is 2. The second-order valence-electron chi connectivity index (χ2n) is 4.32. The number of Topliss-reactive ketones (excluding diaryl/α,β-unsaturated/α-hetero) is 1. The van der Waals surface area contributed by atoms with Crippen LogP contribution >= 0.6 is 15.9 Å². The first-order valence-corrected chi connectivity index (χ1v) is 6.91. The zero-order valence-corrected chi connectivity index (χ0v) is 12.1. The van der Waals surface area contributed by atoms with E-state index in [4.69, 9.17) is 0 Å². The number of nitrogens with zero attached hydrogens (tertiary/aromatic N) is 1. The van der Waals surface area contributed by atoms with E-state index in [0.29, 0.717) is 18.8 Å². The van der Waals surface area contributed by atoms with Gasteiger partial charge in [-0.1, -0.05) is 6.92 Å². The number of ketones is 1. The molecule has 0 aliphatic carbocycles. The molecule has 1 aliphatic heterocycles. The molecule has 1 aromatic carbocycles. The van der Waals surface area contributed by atoms with Gasteiger partial charge in [-0.25, -0.2) is 4.39 Å². The number of fused-ring (bicyclic) bond motifs is 1. The summed E-state index contributed by atoms with van der Waals surface area (Å²) in [6.45, 7) is 3.82. The van der Waals surface area contributed by atoms with Crippen molar-refractivity contribution in [2.24, 2.45) is 0 Å². The molecule has 0 spiro atoms. The normalized spacial score (nSPS) is 14.2. The Kier molecular flexibility index (Phi) is 4.31. The van der Waals surface area contributed by atoms with Crippen LogP contribution in [0.15, 0.2) is 16.6 Å². The van der Waals surface area contributed by atoms with Crippen LogP contribution in [0.3, 0.4) is 0 Å². The van der Waals surface area contributed by atoms with E-state index in [1.165, 1.54) is 17.0 Å². The summed E-state index contributed by atoms with van der Waals surface area (Å²) in [4.78, 5) is 25.0. The SMILES string of the molecule is CCCNCCN1C(=O)C(=O)c2cc(Br)c(F)cc21. The summed E-state index contributed by atoms with van der Waals surface area (Å²) in [5.41, 5.74) is 0.614. The largest absolute Gasteiger partial charge is 0.315 e. The summed E-state index contributed by atoms with van der Waals surface area (Å²) in [6, 6.07) is 2.59. The fraction of sp³-hybridized carbons (Fsp3) is 0.385. The maximum Gasteiger partial charge on any atom is 0.299 e. The van der Waals surface area contributed by atoms with Gasteiger partial charge in [-0.3, -0.25) is 9.59 Å². The van der Waals surface area contributed by atoms with E-state index in [0.717, 1.165) is 13.0 Å². The Labute approximate surface area is 119 Å². The van der Waals surface area contributed by atoms with Crippen LogP contribution in [0.25, 0.3) is 0 Å². The lowest BCUT2D eigenvalue weighted by Gasteiger charge is -2.16. The second kappa shape index (κ2) is 5.79. The summed E-state index contributed by atoms with van der Waals surface area (Å²) < 4.78 is 13.7. The van der Waals surface area contributed by atoms with Crippen molar-refractivity contribution in [3.05, 3.63) is 28.0 Å². The lowest BCUT2D eigenvalue weighted by molar-refractivity contribution is -0.114. The van der Waals surface area contributed by atoms with Crippen LogP contribution in [0.1, 0.15) is 23.7 Å². The smallest absolute Gasteiger partial charge is 0.299 e. The first-order valence-electron chi connectivity index (χ1n) is 6.12. The maximum atomic E-state index is 13.5. The third kappa shape index (κ3) is 2.69. The lowest BCUT2D eigenvalue weighted by atomic mass is 10.1. The molecular formula is C13H14BrFN2O2. The van der Waals surface area contributed by atoms with Crippen molar-refractivity contribution in [2.75, 3.05) is 24.5 Å². The number of benzene rings is 1. The number of hydrogen-bond donors (Lipinski definition) is 1. The van der Waals surface area contributed by atoms with Gasteiger partial charge in [0.1, 0.15) is 5.82 Å². The van der Waals surface area contributed by atoms with Crippen molar-refractivity contribution in [3.8, 4) is 0 Å². The first-order chi connectivity index (χ1) is 9.06. The van der Waals surface area contributed by atoms with Crippen LogP contribution < -0.4 is 10.2 Å². The molecule has 0 radical (unpaired) electrons. The lowest BCUT2D eigenvalue weighted by Crippen LogP contribution is -2.36. The van der Waals surface area contributed by atoms with Crippen LogP contribution in [0.2, 0.25) is 0 Å². The predicted octanol–water partition coefficient (Wildman–Crippen LogP) is 2.12. The van der Waals surface area contributed by atoms with E-state index in [2.05, 4.69) is 21.2 Å². The van der Waals surface area contributed by atoms with Crippen LogP contribution in [0.5, 0.6) is 0 Å². The molecule has 4 nitrogen and oxygen atoms in total. The van der Waals surface area contributed by atoms with E-state index in [-0.39, 0.29) is 10.0 Å². The Hall–Kier alpha value is -1.27. The number of nitrogens with one attached hydrogen (secondary N) is 1. The minimum Gasteiger partial charge on any atom is -0.315 e. The van der Waals surface area contributed by atoms with Gasteiger partial charge in [0.25, 0.3) is 11.7 Å². The summed E-state index contributed by atoms with van der Waals surface area (Å²) in [7, 11) is 0. The van der Waals surface area contributed by atoms with Crippen molar-refractivity contribution < 1.29 is 14.0 Å². The topological polar surface area (TPSA) is 49.4 Å².